The summed E-state index contributed by atoms with van der Waals surface area (Å²) in [5, 5.41) is 0. The molecule has 0 atom stereocenters. The third kappa shape index (κ3) is 4.85. The molecule has 3 nitrogen and oxygen atoms in total. The van der Waals surface area contributed by atoms with E-state index in [9.17, 15) is 13.6 Å². The van der Waals surface area contributed by atoms with Gasteiger partial charge in [-0.2, -0.15) is 0 Å². The summed E-state index contributed by atoms with van der Waals surface area (Å²) in [5.41, 5.74) is 6.25. The molecule has 138 valence electrons. The zero-order chi connectivity index (χ0) is 17.8. The summed E-state index contributed by atoms with van der Waals surface area (Å²) < 4.78 is 26.3. The second-order valence-corrected chi connectivity index (χ2v) is 7.68. The first-order valence-corrected chi connectivity index (χ1v) is 9.50. The van der Waals surface area contributed by atoms with Gasteiger partial charge in [-0.15, -0.1) is 0 Å². The van der Waals surface area contributed by atoms with Gasteiger partial charge in [0.2, 0.25) is 0 Å². The Hall–Kier alpha value is -1.33. The number of hydrogen-bond donors (Lipinski definition) is 1. The van der Waals surface area contributed by atoms with Crippen molar-refractivity contribution < 1.29 is 13.6 Å². The van der Waals surface area contributed by atoms with E-state index in [0.717, 1.165) is 63.4 Å². The number of likely N-dealkylation sites (tertiary alicyclic amines) is 1. The number of ketones is 1. The molecule has 1 aromatic rings. The minimum atomic E-state index is -0.949. The van der Waals surface area contributed by atoms with Crippen LogP contribution in [0.1, 0.15) is 55.3 Å². The number of Topliss-reactive ketones (excluding diaryl/α,β-unsaturated/α-hetero) is 1. The third-order valence-corrected chi connectivity index (χ3v) is 5.91. The van der Waals surface area contributed by atoms with E-state index in [1.807, 2.05) is 0 Å². The molecule has 0 spiro atoms. The van der Waals surface area contributed by atoms with Gasteiger partial charge in [0.1, 0.15) is 0 Å². The number of benzene rings is 1. The molecule has 3 rings (SSSR count). The van der Waals surface area contributed by atoms with Gasteiger partial charge in [0.25, 0.3) is 0 Å². The Labute approximate surface area is 148 Å². The zero-order valence-electron chi connectivity index (χ0n) is 14.7. The fourth-order valence-electron chi connectivity index (χ4n) is 4.15. The molecule has 0 amide bonds. The van der Waals surface area contributed by atoms with Crippen molar-refractivity contribution in [2.24, 2.45) is 17.6 Å². The molecule has 0 aromatic heterocycles. The summed E-state index contributed by atoms with van der Waals surface area (Å²) in [6.07, 6.45) is 7.60. The van der Waals surface area contributed by atoms with E-state index in [2.05, 4.69) is 4.90 Å². The lowest BCUT2D eigenvalue weighted by Crippen LogP contribution is -2.38. The molecule has 2 N–H and O–H groups in total. The van der Waals surface area contributed by atoms with Crippen LogP contribution < -0.4 is 5.73 Å². The Bertz CT molecular complexity index is 591. The van der Waals surface area contributed by atoms with Crippen molar-refractivity contribution in [2.45, 2.75) is 51.0 Å². The maximum Gasteiger partial charge on any atom is 0.166 e. The first-order valence-electron chi connectivity index (χ1n) is 9.50. The molecule has 1 aliphatic heterocycles. The lowest BCUT2D eigenvalue weighted by molar-refractivity contribution is 0.0832. The van der Waals surface area contributed by atoms with Crippen LogP contribution in [0.15, 0.2) is 18.2 Å². The van der Waals surface area contributed by atoms with Crippen molar-refractivity contribution in [3.8, 4) is 0 Å². The van der Waals surface area contributed by atoms with E-state index >= 15 is 0 Å². The number of nitrogens with two attached hydrogens (primary N) is 1. The quantitative estimate of drug-likeness (QED) is 0.823. The van der Waals surface area contributed by atoms with Gasteiger partial charge < -0.3 is 10.6 Å². The number of carbonyl (C=O) groups is 1. The number of halogens is 2. The standard InChI is InChI=1S/C20H28F2N2O/c21-18-6-3-16(13-19(18)22)20(25)15-8-11-24(12-9-15)10-7-14-1-4-17(23)5-2-14/h3,6,13-15,17H,1-2,4-5,7-12,23H2. The molecule has 1 saturated heterocycles. The Morgan fingerprint density at radius 3 is 2.36 bits per heavy atom. The molecule has 1 heterocycles. The molecule has 1 aliphatic carbocycles. The highest BCUT2D eigenvalue weighted by Gasteiger charge is 2.27. The lowest BCUT2D eigenvalue weighted by atomic mass is 9.84. The first-order chi connectivity index (χ1) is 12.0. The molecule has 2 fully saturated rings. The van der Waals surface area contributed by atoms with Gasteiger partial charge in [0.15, 0.2) is 17.4 Å². The predicted molar refractivity (Wildman–Crippen MR) is 94.4 cm³/mol. The molecule has 5 heteroatoms. The van der Waals surface area contributed by atoms with Gasteiger partial charge in [-0.05, 0) is 88.7 Å². The molecule has 2 aliphatic rings. The van der Waals surface area contributed by atoms with Crippen molar-refractivity contribution in [3.05, 3.63) is 35.4 Å². The number of rotatable bonds is 5. The predicted octanol–water partition coefficient (Wildman–Crippen LogP) is 3.77. The SMILES string of the molecule is NC1CCC(CCN2CCC(C(=O)c3ccc(F)c(F)c3)CC2)CC1. The molecule has 25 heavy (non-hydrogen) atoms. The Morgan fingerprint density at radius 2 is 1.72 bits per heavy atom. The second kappa shape index (κ2) is 8.37. The maximum absolute atomic E-state index is 13.3. The lowest BCUT2D eigenvalue weighted by Gasteiger charge is -2.33. The van der Waals surface area contributed by atoms with Crippen LogP contribution >= 0.6 is 0 Å². The van der Waals surface area contributed by atoms with Gasteiger partial charge >= 0.3 is 0 Å². The minimum Gasteiger partial charge on any atom is -0.328 e. The van der Waals surface area contributed by atoms with Gasteiger partial charge in [-0.25, -0.2) is 8.78 Å². The highest BCUT2D eigenvalue weighted by molar-refractivity contribution is 5.97. The Balaban J connectivity index is 1.43. The van der Waals surface area contributed by atoms with Crippen molar-refractivity contribution in [3.63, 3.8) is 0 Å². The number of hydrogen-bond acceptors (Lipinski definition) is 3. The highest BCUT2D eigenvalue weighted by atomic mass is 19.2. The van der Waals surface area contributed by atoms with Crippen LogP contribution in [0.4, 0.5) is 8.78 Å². The number of piperidine rings is 1. The van der Waals surface area contributed by atoms with Crippen LogP contribution in [0.3, 0.4) is 0 Å². The average Bonchev–Trinajstić information content (AvgIpc) is 2.63. The molecular weight excluding hydrogens is 322 g/mol. The summed E-state index contributed by atoms with van der Waals surface area (Å²) in [6, 6.07) is 3.85. The van der Waals surface area contributed by atoms with E-state index in [1.165, 1.54) is 25.3 Å². The summed E-state index contributed by atoms with van der Waals surface area (Å²) >= 11 is 0. The van der Waals surface area contributed by atoms with Crippen molar-refractivity contribution in [1.82, 2.24) is 4.90 Å². The topological polar surface area (TPSA) is 46.3 Å². The summed E-state index contributed by atoms with van der Waals surface area (Å²) in [6.45, 7) is 2.91. The summed E-state index contributed by atoms with van der Waals surface area (Å²) in [7, 11) is 0. The van der Waals surface area contributed by atoms with Crippen molar-refractivity contribution in [1.29, 1.82) is 0 Å². The monoisotopic (exact) mass is 350 g/mol. The van der Waals surface area contributed by atoms with Crippen molar-refractivity contribution in [2.75, 3.05) is 19.6 Å². The minimum absolute atomic E-state index is 0.0557. The molecule has 0 radical (unpaired) electrons. The normalized spacial score (nSPS) is 25.9. The second-order valence-electron chi connectivity index (χ2n) is 7.68. The molecular formula is C20H28F2N2O. The smallest absolute Gasteiger partial charge is 0.166 e. The summed E-state index contributed by atoms with van der Waals surface area (Å²) in [4.78, 5) is 14.9. The van der Waals surface area contributed by atoms with Crippen LogP contribution in [0.25, 0.3) is 0 Å². The summed E-state index contributed by atoms with van der Waals surface area (Å²) in [5.74, 6) is -1.19. The number of nitrogens with zero attached hydrogens (tertiary/aromatic N) is 1. The van der Waals surface area contributed by atoms with E-state index < -0.39 is 11.6 Å². The van der Waals surface area contributed by atoms with Gasteiger partial charge in [0, 0.05) is 17.5 Å². The van der Waals surface area contributed by atoms with Gasteiger partial charge in [-0.3, -0.25) is 4.79 Å². The molecule has 1 aromatic carbocycles. The van der Waals surface area contributed by atoms with E-state index in [-0.39, 0.29) is 17.3 Å². The molecule has 0 unspecified atom stereocenters. The molecule has 0 bridgehead atoms. The van der Waals surface area contributed by atoms with Crippen LogP contribution in [0.2, 0.25) is 0 Å². The average molecular weight is 350 g/mol. The van der Waals surface area contributed by atoms with Crippen molar-refractivity contribution >= 4 is 5.78 Å². The fourth-order valence-corrected chi connectivity index (χ4v) is 4.15. The Morgan fingerprint density at radius 1 is 1.04 bits per heavy atom. The van der Waals surface area contributed by atoms with Gasteiger partial charge in [-0.1, -0.05) is 0 Å². The van der Waals surface area contributed by atoms with Crippen LogP contribution in [-0.2, 0) is 0 Å². The highest BCUT2D eigenvalue weighted by Crippen LogP contribution is 2.27. The maximum atomic E-state index is 13.3. The van der Waals surface area contributed by atoms with Gasteiger partial charge in [0.05, 0.1) is 0 Å². The van der Waals surface area contributed by atoms with Crippen LogP contribution in [-0.4, -0.2) is 36.4 Å². The zero-order valence-corrected chi connectivity index (χ0v) is 14.7. The van der Waals surface area contributed by atoms with E-state index in [0.29, 0.717) is 6.04 Å². The van der Waals surface area contributed by atoms with Crippen LogP contribution in [0.5, 0.6) is 0 Å². The Kier molecular flexibility index (Phi) is 6.18. The molecule has 1 saturated carbocycles. The fraction of sp³-hybridized carbons (Fsp3) is 0.650. The van der Waals surface area contributed by atoms with E-state index in [1.54, 1.807) is 0 Å². The number of carbonyl (C=O) groups excluding carboxylic acids is 1. The largest absolute Gasteiger partial charge is 0.328 e. The first kappa shape index (κ1) is 18.5. The van der Waals surface area contributed by atoms with E-state index in [4.69, 9.17) is 5.73 Å². The third-order valence-electron chi connectivity index (χ3n) is 5.91. The van der Waals surface area contributed by atoms with Crippen LogP contribution in [0, 0.1) is 23.5 Å².